The topological polar surface area (TPSA) is 32.3 Å². The van der Waals surface area contributed by atoms with Crippen LogP contribution in [-0.2, 0) is 12.8 Å². The zero-order valence-electron chi connectivity index (χ0n) is 12.3. The van der Waals surface area contributed by atoms with Crippen molar-refractivity contribution in [3.8, 4) is 5.75 Å². The molecule has 3 heteroatoms. The van der Waals surface area contributed by atoms with E-state index in [1.165, 1.54) is 12.1 Å². The quantitative estimate of drug-likeness (QED) is 0.816. The summed E-state index contributed by atoms with van der Waals surface area (Å²) in [5.41, 5.74) is 2.26. The van der Waals surface area contributed by atoms with Crippen LogP contribution in [0.2, 0.25) is 0 Å². The molecule has 0 aromatic heterocycles. The van der Waals surface area contributed by atoms with Crippen molar-refractivity contribution in [1.29, 1.82) is 0 Å². The van der Waals surface area contributed by atoms with Gasteiger partial charge < -0.3 is 10.4 Å². The number of halogens is 1. The molecular formula is C18H22FNO. The molecule has 2 nitrogen and oxygen atoms in total. The summed E-state index contributed by atoms with van der Waals surface area (Å²) in [7, 11) is 0. The molecule has 2 rings (SSSR count). The van der Waals surface area contributed by atoms with Crippen LogP contribution in [0, 0.1) is 11.7 Å². The molecule has 2 aromatic carbocycles. The van der Waals surface area contributed by atoms with E-state index >= 15 is 0 Å². The Bertz CT molecular complexity index is 553. The van der Waals surface area contributed by atoms with Crippen molar-refractivity contribution >= 4 is 0 Å². The Morgan fingerprint density at radius 1 is 1.05 bits per heavy atom. The van der Waals surface area contributed by atoms with Crippen LogP contribution in [0.1, 0.15) is 18.1 Å². The first kappa shape index (κ1) is 15.5. The van der Waals surface area contributed by atoms with E-state index in [1.807, 2.05) is 30.3 Å². The second kappa shape index (κ2) is 7.79. The summed E-state index contributed by atoms with van der Waals surface area (Å²) in [5, 5.41) is 12.9. The Kier molecular flexibility index (Phi) is 5.76. The smallest absolute Gasteiger partial charge is 0.123 e. The van der Waals surface area contributed by atoms with Crippen LogP contribution >= 0.6 is 0 Å². The fourth-order valence-electron chi connectivity index (χ4n) is 2.54. The Labute approximate surface area is 125 Å². The van der Waals surface area contributed by atoms with Gasteiger partial charge in [-0.15, -0.1) is 0 Å². The molecule has 0 amide bonds. The predicted octanol–water partition coefficient (Wildman–Crippen LogP) is 3.54. The van der Waals surface area contributed by atoms with Gasteiger partial charge in [0.1, 0.15) is 11.6 Å². The van der Waals surface area contributed by atoms with Gasteiger partial charge in [0.05, 0.1) is 0 Å². The molecule has 2 N–H and O–H groups in total. The van der Waals surface area contributed by atoms with Crippen molar-refractivity contribution in [3.63, 3.8) is 0 Å². The van der Waals surface area contributed by atoms with E-state index in [0.717, 1.165) is 37.1 Å². The maximum absolute atomic E-state index is 13.0. The summed E-state index contributed by atoms with van der Waals surface area (Å²) < 4.78 is 13.0. The molecule has 0 saturated heterocycles. The van der Waals surface area contributed by atoms with Crippen LogP contribution in [0.25, 0.3) is 0 Å². The van der Waals surface area contributed by atoms with Crippen molar-refractivity contribution in [2.45, 2.75) is 19.8 Å². The largest absolute Gasteiger partial charge is 0.508 e. The lowest BCUT2D eigenvalue weighted by Crippen LogP contribution is -2.25. The number of hydrogen-bond donors (Lipinski definition) is 2. The van der Waals surface area contributed by atoms with Crippen molar-refractivity contribution in [1.82, 2.24) is 5.32 Å². The van der Waals surface area contributed by atoms with E-state index < -0.39 is 0 Å². The molecule has 0 bridgehead atoms. The molecule has 0 fully saturated rings. The minimum atomic E-state index is -0.199. The van der Waals surface area contributed by atoms with Crippen LogP contribution in [0.15, 0.2) is 48.5 Å². The number of benzene rings is 2. The van der Waals surface area contributed by atoms with Gasteiger partial charge >= 0.3 is 0 Å². The highest BCUT2D eigenvalue weighted by molar-refractivity contribution is 5.27. The summed E-state index contributed by atoms with van der Waals surface area (Å²) in [6.45, 7) is 3.92. The van der Waals surface area contributed by atoms with E-state index in [4.69, 9.17) is 0 Å². The van der Waals surface area contributed by atoms with Crippen LogP contribution in [0.4, 0.5) is 4.39 Å². The molecule has 0 radical (unpaired) electrons. The maximum Gasteiger partial charge on any atom is 0.123 e. The highest BCUT2D eigenvalue weighted by atomic mass is 19.1. The van der Waals surface area contributed by atoms with E-state index in [9.17, 15) is 9.50 Å². The van der Waals surface area contributed by atoms with Crippen LogP contribution in [-0.4, -0.2) is 18.2 Å². The normalized spacial score (nSPS) is 12.3. The summed E-state index contributed by atoms with van der Waals surface area (Å²) in [5.74, 6) is 0.517. The number of aromatic hydroxyl groups is 1. The molecule has 0 heterocycles. The molecule has 0 aliphatic heterocycles. The number of phenolic OH excluding ortho intramolecular Hbond substituents is 1. The fraction of sp³-hybridized carbons (Fsp3) is 0.333. The monoisotopic (exact) mass is 287 g/mol. The van der Waals surface area contributed by atoms with Crippen LogP contribution in [0.5, 0.6) is 5.75 Å². The Morgan fingerprint density at radius 3 is 2.43 bits per heavy atom. The number of nitrogens with one attached hydrogen (secondary N) is 1. The van der Waals surface area contributed by atoms with Crippen LogP contribution < -0.4 is 5.32 Å². The van der Waals surface area contributed by atoms with Gasteiger partial charge in [0.15, 0.2) is 0 Å². The molecule has 0 aliphatic rings. The molecular weight excluding hydrogens is 265 g/mol. The Morgan fingerprint density at radius 2 is 1.76 bits per heavy atom. The van der Waals surface area contributed by atoms with E-state index in [0.29, 0.717) is 11.7 Å². The Balaban J connectivity index is 2.04. The summed E-state index contributed by atoms with van der Waals surface area (Å²) >= 11 is 0. The first-order chi connectivity index (χ1) is 10.2. The lowest BCUT2D eigenvalue weighted by molar-refractivity contribution is 0.465. The molecule has 1 atom stereocenters. The zero-order valence-corrected chi connectivity index (χ0v) is 12.3. The van der Waals surface area contributed by atoms with Gasteiger partial charge in [-0.25, -0.2) is 4.39 Å². The number of phenols is 1. The van der Waals surface area contributed by atoms with Crippen molar-refractivity contribution in [2.75, 3.05) is 13.1 Å². The second-order valence-electron chi connectivity index (χ2n) is 5.38. The third-order valence-corrected chi connectivity index (χ3v) is 3.56. The number of rotatable bonds is 7. The zero-order chi connectivity index (χ0) is 15.1. The average molecular weight is 287 g/mol. The summed E-state index contributed by atoms with van der Waals surface area (Å²) in [6, 6.07) is 14.1. The summed E-state index contributed by atoms with van der Waals surface area (Å²) in [4.78, 5) is 0. The molecule has 2 aromatic rings. The highest BCUT2D eigenvalue weighted by Gasteiger charge is 2.11. The van der Waals surface area contributed by atoms with Crippen molar-refractivity contribution in [3.05, 3.63) is 65.5 Å². The molecule has 0 aliphatic carbocycles. The molecule has 112 valence electrons. The first-order valence-electron chi connectivity index (χ1n) is 7.40. The molecule has 21 heavy (non-hydrogen) atoms. The lowest BCUT2D eigenvalue weighted by atomic mass is 9.92. The minimum Gasteiger partial charge on any atom is -0.508 e. The first-order valence-corrected chi connectivity index (χ1v) is 7.40. The van der Waals surface area contributed by atoms with E-state index in [-0.39, 0.29) is 5.82 Å². The van der Waals surface area contributed by atoms with Gasteiger partial charge in [-0.3, -0.25) is 0 Å². The van der Waals surface area contributed by atoms with Gasteiger partial charge in [0.25, 0.3) is 0 Å². The van der Waals surface area contributed by atoms with Crippen molar-refractivity contribution in [2.24, 2.45) is 5.92 Å². The third kappa shape index (κ3) is 5.20. The molecule has 0 spiro atoms. The third-order valence-electron chi connectivity index (χ3n) is 3.56. The van der Waals surface area contributed by atoms with Gasteiger partial charge in [-0.05, 0) is 67.2 Å². The minimum absolute atomic E-state index is 0.199. The van der Waals surface area contributed by atoms with Crippen LogP contribution in [0.3, 0.4) is 0 Å². The SMILES string of the molecule is CCNCC(Cc1ccc(F)cc1)Cc1cccc(O)c1. The second-order valence-corrected chi connectivity index (χ2v) is 5.38. The lowest BCUT2D eigenvalue weighted by Gasteiger charge is -2.18. The summed E-state index contributed by atoms with van der Waals surface area (Å²) in [6.07, 6.45) is 1.78. The van der Waals surface area contributed by atoms with E-state index in [1.54, 1.807) is 6.07 Å². The standard InChI is InChI=1S/C18H22FNO/c1-2-20-13-16(10-14-6-8-17(19)9-7-14)11-15-4-3-5-18(21)12-15/h3-9,12,16,20-21H,2,10-11,13H2,1H3. The van der Waals surface area contributed by atoms with Crippen molar-refractivity contribution < 1.29 is 9.50 Å². The van der Waals surface area contributed by atoms with Gasteiger partial charge in [0, 0.05) is 0 Å². The fourth-order valence-corrected chi connectivity index (χ4v) is 2.54. The van der Waals surface area contributed by atoms with Gasteiger partial charge in [0.2, 0.25) is 0 Å². The average Bonchev–Trinajstić information content (AvgIpc) is 2.47. The Hall–Kier alpha value is -1.87. The van der Waals surface area contributed by atoms with E-state index in [2.05, 4.69) is 12.2 Å². The van der Waals surface area contributed by atoms with Gasteiger partial charge in [-0.2, -0.15) is 0 Å². The molecule has 0 saturated carbocycles. The molecule has 1 unspecified atom stereocenters. The highest BCUT2D eigenvalue weighted by Crippen LogP contribution is 2.18. The maximum atomic E-state index is 13.0. The predicted molar refractivity (Wildman–Crippen MR) is 83.9 cm³/mol. The number of hydrogen-bond acceptors (Lipinski definition) is 2. The van der Waals surface area contributed by atoms with Gasteiger partial charge in [-0.1, -0.05) is 31.2 Å².